The van der Waals surface area contributed by atoms with E-state index in [2.05, 4.69) is 57.1 Å². The number of fused-ring (bicyclic) bond motifs is 4. The fourth-order valence-corrected chi connectivity index (χ4v) is 11.9. The zero-order chi connectivity index (χ0) is 62.3. The Bertz CT molecular complexity index is 3440. The number of rotatable bonds is 24. The van der Waals surface area contributed by atoms with Gasteiger partial charge in [0, 0.05) is 119 Å². The molecular formula is C67H80N10O11. The molecule has 4 aromatic rings. The van der Waals surface area contributed by atoms with E-state index in [1.807, 2.05) is 58.4 Å². The van der Waals surface area contributed by atoms with Gasteiger partial charge in [0.1, 0.15) is 12.1 Å². The van der Waals surface area contributed by atoms with Crippen molar-refractivity contribution in [1.29, 1.82) is 0 Å². The molecule has 464 valence electrons. The molecule has 6 aliphatic rings. The normalized spacial score (nSPS) is 19.5. The van der Waals surface area contributed by atoms with Crippen LogP contribution >= 0.6 is 0 Å². The second kappa shape index (κ2) is 27.5. The molecule has 0 bridgehead atoms. The lowest BCUT2D eigenvalue weighted by Crippen LogP contribution is -2.53. The molecule has 5 atom stereocenters. The van der Waals surface area contributed by atoms with Crippen molar-refractivity contribution in [2.45, 2.75) is 110 Å². The minimum Gasteiger partial charge on any atom is -0.493 e. The fourth-order valence-electron chi connectivity index (χ4n) is 11.9. The van der Waals surface area contributed by atoms with E-state index in [4.69, 9.17) is 28.9 Å². The van der Waals surface area contributed by atoms with E-state index < -0.39 is 23.9 Å². The van der Waals surface area contributed by atoms with Gasteiger partial charge in [0.05, 0.1) is 62.0 Å². The van der Waals surface area contributed by atoms with Crippen LogP contribution < -0.4 is 39.8 Å². The molecule has 2 fully saturated rings. The maximum atomic E-state index is 14.2. The molecule has 7 amide bonds. The Balaban J connectivity index is 0.674. The molecule has 0 spiro atoms. The average Bonchev–Trinajstić information content (AvgIpc) is 4.37. The standard InChI is InChI=1S/C67H80N10O11/c1-40(2)51-33-61(79)75(65(51)82)22-11-9-10-13-60(78)72-62(41(3)4)64(81)70-42(5)63(80)71-47-18-14-43(15-19-47)45-29-49-36-68-54-34-58(56(85-7)31-52(54)66(83)76(49)38-45)87-27-12-28-88-59-35-55-53(32-57(59)86-8)67(84)77-39-46(30-50(77)37-69-55)44-16-20-48(21-17-44)74-25-23-73(6)24-26-74/h14-21,31-32,34-42,49-51,62H,9-13,22-30,33H2,1-8H3,(H,70,81)(H,71,80)(H,72,78)/t42-,49-,50-,51?,62?/m0/s1. The highest BCUT2D eigenvalue weighted by Crippen LogP contribution is 2.42. The average molecular weight is 1200 g/mol. The van der Waals surface area contributed by atoms with Crippen molar-refractivity contribution >= 4 is 87.7 Å². The first kappa shape index (κ1) is 62.2. The van der Waals surface area contributed by atoms with Gasteiger partial charge in [-0.2, -0.15) is 0 Å². The van der Waals surface area contributed by atoms with E-state index >= 15 is 0 Å². The zero-order valence-electron chi connectivity index (χ0n) is 51.5. The number of hydrogen-bond donors (Lipinski definition) is 3. The molecular weight excluding hydrogens is 1120 g/mol. The minimum atomic E-state index is -0.925. The Morgan fingerprint density at radius 1 is 0.625 bits per heavy atom. The quantitative estimate of drug-likeness (QED) is 0.0442. The number of carbonyl (C=O) groups excluding carboxylic acids is 7. The number of aliphatic imine (C=N–C) groups is 2. The summed E-state index contributed by atoms with van der Waals surface area (Å²) in [5.74, 6) is -0.688. The van der Waals surface area contributed by atoms with Crippen LogP contribution in [0.15, 0.2) is 95.2 Å². The van der Waals surface area contributed by atoms with Crippen LogP contribution in [0.5, 0.6) is 23.0 Å². The number of likely N-dealkylation sites (tertiary alicyclic amines) is 1. The maximum absolute atomic E-state index is 14.2. The summed E-state index contributed by atoms with van der Waals surface area (Å²) in [4.78, 5) is 112. The maximum Gasteiger partial charge on any atom is 0.260 e. The number of imide groups is 1. The molecule has 21 nitrogen and oxygen atoms in total. The van der Waals surface area contributed by atoms with Gasteiger partial charge in [-0.05, 0) is 97.3 Å². The highest BCUT2D eigenvalue weighted by molar-refractivity contribution is 6.07. The number of methoxy groups -OCH3 is 2. The van der Waals surface area contributed by atoms with Crippen molar-refractivity contribution in [2.75, 3.05) is 77.4 Å². The Morgan fingerprint density at radius 3 is 1.68 bits per heavy atom. The first-order valence-electron chi connectivity index (χ1n) is 30.6. The van der Waals surface area contributed by atoms with Gasteiger partial charge in [0.2, 0.25) is 29.5 Å². The number of ether oxygens (including phenoxy) is 4. The van der Waals surface area contributed by atoms with E-state index in [0.717, 1.165) is 48.5 Å². The molecule has 0 aromatic heterocycles. The van der Waals surface area contributed by atoms with Gasteiger partial charge in [0.25, 0.3) is 11.8 Å². The predicted octanol–water partition coefficient (Wildman–Crippen LogP) is 8.42. The van der Waals surface area contributed by atoms with Crippen LogP contribution in [-0.2, 0) is 24.0 Å². The summed E-state index contributed by atoms with van der Waals surface area (Å²) in [6.45, 7) is 14.0. The number of hydrogen-bond acceptors (Lipinski definition) is 15. The highest BCUT2D eigenvalue weighted by atomic mass is 16.5. The van der Waals surface area contributed by atoms with Crippen molar-refractivity contribution in [3.8, 4) is 23.0 Å². The van der Waals surface area contributed by atoms with E-state index in [1.54, 1.807) is 59.3 Å². The SMILES string of the molecule is COc1cc2c(cc1OCCCOc1cc3c(cc1OC)C(=O)N1C=C(c4ccc(N5CCN(C)CC5)cc4)C[C@H]1C=N3)N=C[C@@H]1CC(c3ccc(NC(=O)[C@H](C)NC(=O)C(NC(=O)CCCCCN4C(=O)CC(C(C)C)C4=O)C(C)C)cc3)=CN1C2=O. The Morgan fingerprint density at radius 2 is 1.17 bits per heavy atom. The Labute approximate surface area is 514 Å². The molecule has 6 aliphatic heterocycles. The summed E-state index contributed by atoms with van der Waals surface area (Å²) in [6, 6.07) is 20.2. The summed E-state index contributed by atoms with van der Waals surface area (Å²) in [7, 11) is 5.20. The smallest absolute Gasteiger partial charge is 0.260 e. The fraction of sp³-hybridized carbons (Fsp3) is 0.448. The molecule has 10 rings (SSSR count). The number of unbranched alkanes of at least 4 members (excludes halogenated alkanes) is 2. The van der Waals surface area contributed by atoms with Crippen molar-refractivity contribution in [2.24, 2.45) is 27.7 Å². The van der Waals surface area contributed by atoms with E-state index in [1.165, 1.54) is 24.8 Å². The van der Waals surface area contributed by atoms with Crippen LogP contribution in [-0.4, -0.2) is 165 Å². The molecule has 2 saturated heterocycles. The number of benzene rings is 4. The van der Waals surface area contributed by atoms with E-state index in [-0.39, 0.29) is 85.4 Å². The van der Waals surface area contributed by atoms with Crippen LogP contribution in [0.1, 0.15) is 118 Å². The number of nitrogens with one attached hydrogen (secondary N) is 3. The van der Waals surface area contributed by atoms with Crippen LogP contribution in [0.3, 0.4) is 0 Å². The van der Waals surface area contributed by atoms with Gasteiger partial charge < -0.3 is 54.5 Å². The molecule has 88 heavy (non-hydrogen) atoms. The monoisotopic (exact) mass is 1200 g/mol. The molecule has 4 aromatic carbocycles. The molecule has 6 heterocycles. The second-order valence-electron chi connectivity index (χ2n) is 24.1. The van der Waals surface area contributed by atoms with E-state index in [9.17, 15) is 33.6 Å². The third-order valence-corrected chi connectivity index (χ3v) is 17.2. The van der Waals surface area contributed by atoms with Crippen LogP contribution in [0.25, 0.3) is 11.1 Å². The largest absolute Gasteiger partial charge is 0.493 e. The number of likely N-dealkylation sites (N-methyl/N-ethyl adjacent to an activating group) is 1. The van der Waals surface area contributed by atoms with Gasteiger partial charge in [-0.1, -0.05) is 58.4 Å². The number of carbonyl (C=O) groups is 7. The zero-order valence-corrected chi connectivity index (χ0v) is 51.5. The van der Waals surface area contributed by atoms with Gasteiger partial charge in [-0.3, -0.25) is 48.4 Å². The van der Waals surface area contributed by atoms with Crippen LogP contribution in [0, 0.1) is 17.8 Å². The first-order valence-corrected chi connectivity index (χ1v) is 30.6. The molecule has 3 N–H and O–H groups in total. The molecule has 21 heteroatoms. The summed E-state index contributed by atoms with van der Waals surface area (Å²) >= 11 is 0. The molecule has 0 radical (unpaired) electrons. The number of piperazine rings is 1. The lowest BCUT2D eigenvalue weighted by Gasteiger charge is -2.34. The number of anilines is 2. The summed E-state index contributed by atoms with van der Waals surface area (Å²) in [6.07, 6.45) is 11.1. The summed E-state index contributed by atoms with van der Waals surface area (Å²) < 4.78 is 23.8. The van der Waals surface area contributed by atoms with Gasteiger partial charge in [-0.15, -0.1) is 0 Å². The van der Waals surface area contributed by atoms with Gasteiger partial charge in [-0.25, -0.2) is 0 Å². The van der Waals surface area contributed by atoms with Crippen molar-refractivity contribution in [3.05, 3.63) is 107 Å². The first-order chi connectivity index (χ1) is 42.4. The lowest BCUT2D eigenvalue weighted by molar-refractivity contribution is -0.140. The topological polar surface area (TPSA) is 233 Å². The Hall–Kier alpha value is -8.85. The summed E-state index contributed by atoms with van der Waals surface area (Å²) in [5, 5.41) is 8.41. The lowest BCUT2D eigenvalue weighted by atomic mass is 9.94. The van der Waals surface area contributed by atoms with Crippen molar-refractivity contribution in [1.82, 2.24) is 30.2 Å². The van der Waals surface area contributed by atoms with Crippen molar-refractivity contribution < 1.29 is 52.5 Å². The second-order valence-corrected chi connectivity index (χ2v) is 24.1. The summed E-state index contributed by atoms with van der Waals surface area (Å²) in [5.41, 5.74) is 7.34. The minimum absolute atomic E-state index is 0.101. The van der Waals surface area contributed by atoms with Crippen molar-refractivity contribution in [3.63, 3.8) is 0 Å². The molecule has 0 aliphatic carbocycles. The molecule has 0 saturated carbocycles. The van der Waals surface area contributed by atoms with E-state index in [0.29, 0.717) is 96.3 Å². The van der Waals surface area contributed by atoms with Crippen LogP contribution in [0.2, 0.25) is 0 Å². The predicted molar refractivity (Wildman–Crippen MR) is 337 cm³/mol. The number of nitrogens with zero attached hydrogens (tertiary/aromatic N) is 7. The number of amides is 7. The van der Waals surface area contributed by atoms with Gasteiger partial charge >= 0.3 is 0 Å². The Kier molecular flexibility index (Phi) is 19.4. The third-order valence-electron chi connectivity index (χ3n) is 17.2. The van der Waals surface area contributed by atoms with Crippen LogP contribution in [0.4, 0.5) is 22.7 Å². The van der Waals surface area contributed by atoms with Gasteiger partial charge in [0.15, 0.2) is 23.0 Å². The molecule has 2 unspecified atom stereocenters. The third kappa shape index (κ3) is 13.9. The highest BCUT2D eigenvalue weighted by Gasteiger charge is 2.40.